The van der Waals surface area contributed by atoms with Crippen LogP contribution in [0.2, 0.25) is 0 Å². The van der Waals surface area contributed by atoms with Crippen LogP contribution in [-0.2, 0) is 13.0 Å². The summed E-state index contributed by atoms with van der Waals surface area (Å²) in [5.41, 5.74) is 2.18. The second kappa shape index (κ2) is 6.33. The molecule has 0 aliphatic rings. The molecule has 3 heteroatoms. The van der Waals surface area contributed by atoms with Gasteiger partial charge in [-0.3, -0.25) is 4.79 Å². The van der Waals surface area contributed by atoms with Crippen molar-refractivity contribution in [1.29, 1.82) is 0 Å². The predicted octanol–water partition coefficient (Wildman–Crippen LogP) is 4.17. The van der Waals surface area contributed by atoms with Gasteiger partial charge in [-0.1, -0.05) is 25.1 Å². The van der Waals surface area contributed by atoms with E-state index in [0.717, 1.165) is 12.0 Å². The Labute approximate surface area is 118 Å². The van der Waals surface area contributed by atoms with Crippen LogP contribution in [-0.4, -0.2) is 5.78 Å². The number of Topliss-reactive ketones (excluding diaryl/α,β-unsaturated/α-hetero) is 1. The molecule has 2 nitrogen and oxygen atoms in total. The summed E-state index contributed by atoms with van der Waals surface area (Å²) >= 11 is 0. The molecule has 0 unspecified atom stereocenters. The summed E-state index contributed by atoms with van der Waals surface area (Å²) in [5.74, 6) is 0.418. The Morgan fingerprint density at radius 3 is 2.55 bits per heavy atom. The van der Waals surface area contributed by atoms with Gasteiger partial charge in [-0.2, -0.15) is 0 Å². The van der Waals surface area contributed by atoms with E-state index in [9.17, 15) is 9.18 Å². The maximum absolute atomic E-state index is 13.5. The maximum atomic E-state index is 13.5. The van der Waals surface area contributed by atoms with E-state index in [1.165, 1.54) is 6.07 Å². The van der Waals surface area contributed by atoms with Crippen molar-refractivity contribution < 1.29 is 13.9 Å². The molecule has 0 aliphatic carbocycles. The summed E-state index contributed by atoms with van der Waals surface area (Å²) in [6.07, 6.45) is 0.756. The van der Waals surface area contributed by atoms with Crippen LogP contribution in [0, 0.1) is 5.82 Å². The molecule has 0 heterocycles. The predicted molar refractivity (Wildman–Crippen MR) is 76.6 cm³/mol. The molecule has 0 saturated heterocycles. The second-order valence-electron chi connectivity index (χ2n) is 4.61. The molecule has 0 N–H and O–H groups in total. The van der Waals surface area contributed by atoms with Crippen molar-refractivity contribution in [3.63, 3.8) is 0 Å². The lowest BCUT2D eigenvalue weighted by atomic mass is 10.0. The lowest BCUT2D eigenvalue weighted by Gasteiger charge is -2.10. The Balaban J connectivity index is 2.15. The highest BCUT2D eigenvalue weighted by Crippen LogP contribution is 2.20. The van der Waals surface area contributed by atoms with E-state index in [0.29, 0.717) is 16.9 Å². The lowest BCUT2D eigenvalue weighted by Crippen LogP contribution is -2.02. The number of benzene rings is 2. The topological polar surface area (TPSA) is 26.3 Å². The van der Waals surface area contributed by atoms with Crippen molar-refractivity contribution in [2.45, 2.75) is 26.9 Å². The van der Waals surface area contributed by atoms with Gasteiger partial charge in [-0.15, -0.1) is 0 Å². The largest absolute Gasteiger partial charge is 0.489 e. The van der Waals surface area contributed by atoms with Crippen LogP contribution in [0.25, 0.3) is 0 Å². The zero-order chi connectivity index (χ0) is 14.5. The molecule has 0 amide bonds. The first-order chi connectivity index (χ1) is 9.61. The second-order valence-corrected chi connectivity index (χ2v) is 4.61. The third-order valence-electron chi connectivity index (χ3n) is 3.19. The number of carbonyl (C=O) groups excluding carboxylic acids is 1. The molecule has 104 valence electrons. The monoisotopic (exact) mass is 272 g/mol. The molecule has 0 aliphatic heterocycles. The van der Waals surface area contributed by atoms with Crippen LogP contribution in [0.1, 0.15) is 35.3 Å². The highest BCUT2D eigenvalue weighted by molar-refractivity contribution is 5.95. The summed E-state index contributed by atoms with van der Waals surface area (Å²) in [6.45, 7) is 3.71. The van der Waals surface area contributed by atoms with Gasteiger partial charge in [0.05, 0.1) is 0 Å². The average Bonchev–Trinajstić information content (AvgIpc) is 2.46. The van der Waals surface area contributed by atoms with E-state index in [4.69, 9.17) is 4.74 Å². The van der Waals surface area contributed by atoms with Gasteiger partial charge in [0.1, 0.15) is 18.2 Å². The third-order valence-corrected chi connectivity index (χ3v) is 3.19. The smallest absolute Gasteiger partial charge is 0.160 e. The molecule has 0 radical (unpaired) electrons. The minimum atomic E-state index is -0.274. The number of ketones is 1. The quantitative estimate of drug-likeness (QED) is 0.764. The van der Waals surface area contributed by atoms with Crippen LogP contribution < -0.4 is 4.74 Å². The number of halogens is 1. The van der Waals surface area contributed by atoms with Crippen molar-refractivity contribution in [3.8, 4) is 5.75 Å². The SMILES string of the molecule is CCc1cc(OCc2ccccc2F)ccc1C(C)=O. The Bertz CT molecular complexity index is 620. The molecular formula is C17H17FO2. The standard InChI is InChI=1S/C17H17FO2/c1-3-13-10-15(8-9-16(13)12(2)19)20-11-14-6-4-5-7-17(14)18/h4-10H,3,11H2,1-2H3. The molecule has 20 heavy (non-hydrogen) atoms. The van der Waals surface area contributed by atoms with Crippen molar-refractivity contribution in [2.24, 2.45) is 0 Å². The van der Waals surface area contributed by atoms with Crippen LogP contribution in [0.5, 0.6) is 5.75 Å². The van der Waals surface area contributed by atoms with Crippen molar-refractivity contribution in [2.75, 3.05) is 0 Å². The fraction of sp³-hybridized carbons (Fsp3) is 0.235. The van der Waals surface area contributed by atoms with Gasteiger partial charge in [0.15, 0.2) is 5.78 Å². The number of hydrogen-bond acceptors (Lipinski definition) is 2. The fourth-order valence-corrected chi connectivity index (χ4v) is 2.07. The van der Waals surface area contributed by atoms with Crippen LogP contribution in [0.3, 0.4) is 0 Å². The Morgan fingerprint density at radius 1 is 1.15 bits per heavy atom. The van der Waals surface area contributed by atoms with Gasteiger partial charge in [0, 0.05) is 11.1 Å². The van der Waals surface area contributed by atoms with E-state index in [1.807, 2.05) is 13.0 Å². The minimum Gasteiger partial charge on any atom is -0.489 e. The highest BCUT2D eigenvalue weighted by Gasteiger charge is 2.08. The minimum absolute atomic E-state index is 0.0440. The summed E-state index contributed by atoms with van der Waals surface area (Å²) in [5, 5.41) is 0. The van der Waals surface area contributed by atoms with Gasteiger partial charge in [-0.05, 0) is 43.2 Å². The number of aryl methyl sites for hydroxylation is 1. The molecule has 0 fully saturated rings. The van der Waals surface area contributed by atoms with Gasteiger partial charge >= 0.3 is 0 Å². The van der Waals surface area contributed by atoms with E-state index < -0.39 is 0 Å². The van der Waals surface area contributed by atoms with Crippen molar-refractivity contribution in [3.05, 3.63) is 65.0 Å². The first kappa shape index (κ1) is 14.3. The van der Waals surface area contributed by atoms with Gasteiger partial charge in [-0.25, -0.2) is 4.39 Å². The van der Waals surface area contributed by atoms with Crippen LogP contribution >= 0.6 is 0 Å². The Kier molecular flexibility index (Phi) is 4.51. The summed E-state index contributed by atoms with van der Waals surface area (Å²) < 4.78 is 19.1. The summed E-state index contributed by atoms with van der Waals surface area (Å²) in [4.78, 5) is 11.5. The van der Waals surface area contributed by atoms with Gasteiger partial charge in [0.25, 0.3) is 0 Å². The molecule has 0 atom stereocenters. The molecule has 0 spiro atoms. The van der Waals surface area contributed by atoms with Gasteiger partial charge < -0.3 is 4.74 Å². The van der Waals surface area contributed by atoms with Crippen molar-refractivity contribution >= 4 is 5.78 Å². The first-order valence-corrected chi connectivity index (χ1v) is 6.62. The summed E-state index contributed by atoms with van der Waals surface area (Å²) in [6, 6.07) is 11.9. The molecule has 2 rings (SSSR count). The number of ether oxygens (including phenoxy) is 1. The molecule has 2 aromatic rings. The first-order valence-electron chi connectivity index (χ1n) is 6.62. The highest BCUT2D eigenvalue weighted by atomic mass is 19.1. The number of rotatable bonds is 5. The van der Waals surface area contributed by atoms with E-state index in [2.05, 4.69) is 0 Å². The zero-order valence-electron chi connectivity index (χ0n) is 11.7. The van der Waals surface area contributed by atoms with E-state index >= 15 is 0 Å². The van der Waals surface area contributed by atoms with Gasteiger partial charge in [0.2, 0.25) is 0 Å². The van der Waals surface area contributed by atoms with Crippen LogP contribution in [0.4, 0.5) is 4.39 Å². The van der Waals surface area contributed by atoms with Crippen molar-refractivity contribution in [1.82, 2.24) is 0 Å². The molecule has 2 aromatic carbocycles. The number of hydrogen-bond donors (Lipinski definition) is 0. The van der Waals surface area contributed by atoms with E-state index in [1.54, 1.807) is 37.3 Å². The number of carbonyl (C=O) groups is 1. The Hall–Kier alpha value is -2.16. The van der Waals surface area contributed by atoms with Crippen LogP contribution in [0.15, 0.2) is 42.5 Å². The average molecular weight is 272 g/mol. The molecule has 0 bridgehead atoms. The molecule has 0 saturated carbocycles. The molecule has 0 aromatic heterocycles. The lowest BCUT2D eigenvalue weighted by molar-refractivity contribution is 0.101. The fourth-order valence-electron chi connectivity index (χ4n) is 2.07. The summed E-state index contributed by atoms with van der Waals surface area (Å²) in [7, 11) is 0. The Morgan fingerprint density at radius 2 is 1.90 bits per heavy atom. The van der Waals surface area contributed by atoms with E-state index in [-0.39, 0.29) is 18.2 Å². The zero-order valence-corrected chi connectivity index (χ0v) is 11.7. The third kappa shape index (κ3) is 3.23. The normalized spacial score (nSPS) is 10.3. The molecular weight excluding hydrogens is 255 g/mol. The maximum Gasteiger partial charge on any atom is 0.160 e.